The molecule has 1 atom stereocenters. The van der Waals surface area contributed by atoms with Crippen LogP contribution in [0.15, 0.2) is 18.2 Å². The smallest absolute Gasteiger partial charge is 0.234 e. The van der Waals surface area contributed by atoms with Crippen LogP contribution in [0.1, 0.15) is 30.0 Å². The molecular weight excluding hydrogens is 254 g/mol. The zero-order chi connectivity index (χ0) is 14.4. The number of nitrogens with one attached hydrogen (secondary N) is 2. The molecule has 0 bridgehead atoms. The summed E-state index contributed by atoms with van der Waals surface area (Å²) < 4.78 is 4.93. The highest BCUT2D eigenvalue weighted by atomic mass is 16.5. The SMILES string of the molecule is COCCNCC(=O)NC1CCCc2cc(N)ccc21. The quantitative estimate of drug-likeness (QED) is 0.535. The van der Waals surface area contributed by atoms with Crippen molar-refractivity contribution in [3.63, 3.8) is 0 Å². The molecule has 0 saturated heterocycles. The average molecular weight is 277 g/mol. The minimum atomic E-state index is 0.0239. The van der Waals surface area contributed by atoms with Gasteiger partial charge in [-0.2, -0.15) is 0 Å². The molecule has 1 aliphatic carbocycles. The summed E-state index contributed by atoms with van der Waals surface area (Å²) in [5, 5.41) is 6.14. The Bertz CT molecular complexity index is 462. The number of benzene rings is 1. The first-order valence-corrected chi connectivity index (χ1v) is 7.08. The molecule has 0 aliphatic heterocycles. The summed E-state index contributed by atoms with van der Waals surface area (Å²) in [5.74, 6) is 0.0239. The largest absolute Gasteiger partial charge is 0.399 e. The van der Waals surface area contributed by atoms with Crippen molar-refractivity contribution in [3.8, 4) is 0 Å². The van der Waals surface area contributed by atoms with Crippen molar-refractivity contribution in [2.24, 2.45) is 0 Å². The third kappa shape index (κ3) is 3.95. The second-order valence-electron chi connectivity index (χ2n) is 5.14. The minimum absolute atomic E-state index is 0.0239. The van der Waals surface area contributed by atoms with E-state index < -0.39 is 0 Å². The topological polar surface area (TPSA) is 76.4 Å². The molecule has 110 valence electrons. The molecule has 1 aromatic carbocycles. The van der Waals surface area contributed by atoms with Gasteiger partial charge in [0, 0.05) is 19.3 Å². The van der Waals surface area contributed by atoms with Crippen molar-refractivity contribution in [2.75, 3.05) is 32.5 Å². The van der Waals surface area contributed by atoms with Crippen LogP contribution in [0.2, 0.25) is 0 Å². The minimum Gasteiger partial charge on any atom is -0.399 e. The monoisotopic (exact) mass is 277 g/mol. The van der Waals surface area contributed by atoms with E-state index in [9.17, 15) is 4.79 Å². The Kier molecular flexibility index (Phi) is 5.38. The van der Waals surface area contributed by atoms with E-state index in [-0.39, 0.29) is 11.9 Å². The van der Waals surface area contributed by atoms with Crippen LogP contribution in [0.4, 0.5) is 5.69 Å². The number of anilines is 1. The lowest BCUT2D eigenvalue weighted by molar-refractivity contribution is -0.121. The van der Waals surface area contributed by atoms with E-state index in [1.165, 1.54) is 11.1 Å². The number of hydrogen-bond donors (Lipinski definition) is 3. The van der Waals surface area contributed by atoms with Gasteiger partial charge in [-0.05, 0) is 42.5 Å². The summed E-state index contributed by atoms with van der Waals surface area (Å²) >= 11 is 0. The second-order valence-corrected chi connectivity index (χ2v) is 5.14. The Hall–Kier alpha value is -1.59. The normalized spacial score (nSPS) is 17.6. The van der Waals surface area contributed by atoms with Gasteiger partial charge in [-0.1, -0.05) is 6.07 Å². The van der Waals surface area contributed by atoms with Crippen molar-refractivity contribution in [2.45, 2.75) is 25.3 Å². The number of rotatable bonds is 6. The second kappa shape index (κ2) is 7.26. The summed E-state index contributed by atoms with van der Waals surface area (Å²) in [5.41, 5.74) is 9.06. The Morgan fingerprint density at radius 3 is 3.15 bits per heavy atom. The molecule has 0 spiro atoms. The predicted molar refractivity (Wildman–Crippen MR) is 79.4 cm³/mol. The van der Waals surface area contributed by atoms with Crippen LogP contribution in [0.5, 0.6) is 0 Å². The number of aryl methyl sites for hydroxylation is 1. The zero-order valence-electron chi connectivity index (χ0n) is 11.9. The Morgan fingerprint density at radius 1 is 1.50 bits per heavy atom. The summed E-state index contributed by atoms with van der Waals surface area (Å²) in [7, 11) is 1.65. The van der Waals surface area contributed by atoms with Gasteiger partial charge in [-0.15, -0.1) is 0 Å². The number of amides is 1. The molecule has 2 rings (SSSR count). The molecule has 20 heavy (non-hydrogen) atoms. The van der Waals surface area contributed by atoms with Crippen molar-refractivity contribution < 1.29 is 9.53 Å². The molecule has 4 N–H and O–H groups in total. The van der Waals surface area contributed by atoms with Crippen LogP contribution >= 0.6 is 0 Å². The Balaban J connectivity index is 1.89. The molecule has 0 radical (unpaired) electrons. The van der Waals surface area contributed by atoms with E-state index in [0.29, 0.717) is 19.7 Å². The van der Waals surface area contributed by atoms with Crippen LogP contribution < -0.4 is 16.4 Å². The first-order chi connectivity index (χ1) is 9.70. The molecule has 0 fully saturated rings. The lowest BCUT2D eigenvalue weighted by Gasteiger charge is -2.26. The molecule has 5 nitrogen and oxygen atoms in total. The fourth-order valence-electron chi connectivity index (χ4n) is 2.61. The van der Waals surface area contributed by atoms with Gasteiger partial charge in [0.25, 0.3) is 0 Å². The predicted octanol–water partition coefficient (Wildman–Crippen LogP) is 0.998. The van der Waals surface area contributed by atoms with Gasteiger partial charge in [0.1, 0.15) is 0 Å². The highest BCUT2D eigenvalue weighted by Gasteiger charge is 2.21. The molecule has 5 heteroatoms. The molecule has 0 saturated carbocycles. The molecule has 1 aromatic rings. The summed E-state index contributed by atoms with van der Waals surface area (Å²) in [6.45, 7) is 1.62. The van der Waals surface area contributed by atoms with Crippen LogP contribution in [-0.2, 0) is 16.0 Å². The summed E-state index contributed by atoms with van der Waals surface area (Å²) in [6, 6.07) is 6.06. The summed E-state index contributed by atoms with van der Waals surface area (Å²) in [6.07, 6.45) is 3.11. The maximum absolute atomic E-state index is 11.9. The maximum atomic E-state index is 11.9. The number of hydrogen-bond acceptors (Lipinski definition) is 4. The molecule has 1 unspecified atom stereocenters. The van der Waals surface area contributed by atoms with E-state index in [0.717, 1.165) is 24.9 Å². The van der Waals surface area contributed by atoms with Crippen molar-refractivity contribution in [1.29, 1.82) is 0 Å². The number of nitrogen functional groups attached to an aromatic ring is 1. The van der Waals surface area contributed by atoms with E-state index in [2.05, 4.69) is 10.6 Å². The molecule has 1 aliphatic rings. The van der Waals surface area contributed by atoms with Crippen molar-refractivity contribution in [3.05, 3.63) is 29.3 Å². The van der Waals surface area contributed by atoms with E-state index >= 15 is 0 Å². The fourth-order valence-corrected chi connectivity index (χ4v) is 2.61. The van der Waals surface area contributed by atoms with Gasteiger partial charge in [0.15, 0.2) is 0 Å². The highest BCUT2D eigenvalue weighted by Crippen LogP contribution is 2.30. The number of ether oxygens (including phenoxy) is 1. The molecule has 0 aromatic heterocycles. The van der Waals surface area contributed by atoms with Gasteiger partial charge in [-0.3, -0.25) is 4.79 Å². The number of methoxy groups -OCH3 is 1. The maximum Gasteiger partial charge on any atom is 0.234 e. The van der Waals surface area contributed by atoms with Gasteiger partial charge in [-0.25, -0.2) is 0 Å². The number of carbonyl (C=O) groups is 1. The molecule has 0 heterocycles. The number of carbonyl (C=O) groups excluding carboxylic acids is 1. The van der Waals surface area contributed by atoms with E-state index in [1.54, 1.807) is 7.11 Å². The Morgan fingerprint density at radius 2 is 2.35 bits per heavy atom. The van der Waals surface area contributed by atoms with Crippen LogP contribution in [0.3, 0.4) is 0 Å². The van der Waals surface area contributed by atoms with Crippen molar-refractivity contribution in [1.82, 2.24) is 10.6 Å². The first-order valence-electron chi connectivity index (χ1n) is 7.08. The van der Waals surface area contributed by atoms with Gasteiger partial charge in [0.2, 0.25) is 5.91 Å². The zero-order valence-corrected chi connectivity index (χ0v) is 11.9. The number of fused-ring (bicyclic) bond motifs is 1. The van der Waals surface area contributed by atoms with Crippen LogP contribution in [-0.4, -0.2) is 32.7 Å². The molecule has 1 amide bonds. The fraction of sp³-hybridized carbons (Fsp3) is 0.533. The number of nitrogens with two attached hydrogens (primary N) is 1. The van der Waals surface area contributed by atoms with Gasteiger partial charge in [0.05, 0.1) is 19.2 Å². The van der Waals surface area contributed by atoms with E-state index in [1.807, 2.05) is 18.2 Å². The van der Waals surface area contributed by atoms with Crippen LogP contribution in [0.25, 0.3) is 0 Å². The average Bonchev–Trinajstić information content (AvgIpc) is 2.43. The van der Waals surface area contributed by atoms with Gasteiger partial charge >= 0.3 is 0 Å². The highest BCUT2D eigenvalue weighted by molar-refractivity contribution is 5.78. The molecular formula is C15H23N3O2. The van der Waals surface area contributed by atoms with Gasteiger partial charge < -0.3 is 21.1 Å². The Labute approximate surface area is 119 Å². The van der Waals surface area contributed by atoms with Crippen molar-refractivity contribution >= 4 is 11.6 Å². The summed E-state index contributed by atoms with van der Waals surface area (Å²) in [4.78, 5) is 11.9. The lowest BCUT2D eigenvalue weighted by atomic mass is 9.87. The first kappa shape index (κ1) is 14.8. The van der Waals surface area contributed by atoms with Crippen LogP contribution in [0, 0.1) is 0 Å². The third-order valence-electron chi connectivity index (χ3n) is 3.59. The standard InChI is InChI=1S/C15H23N3O2/c1-20-8-7-17-10-15(19)18-14-4-2-3-11-9-12(16)5-6-13(11)14/h5-6,9,14,17H,2-4,7-8,10,16H2,1H3,(H,18,19). The van der Waals surface area contributed by atoms with E-state index in [4.69, 9.17) is 10.5 Å². The lowest BCUT2D eigenvalue weighted by Crippen LogP contribution is -2.38. The third-order valence-corrected chi connectivity index (χ3v) is 3.59.